The molecule has 1 fully saturated rings. The van der Waals surface area contributed by atoms with Gasteiger partial charge in [-0.25, -0.2) is 0 Å². The highest BCUT2D eigenvalue weighted by Gasteiger charge is 2.27. The van der Waals surface area contributed by atoms with Crippen molar-refractivity contribution in [2.75, 3.05) is 24.4 Å². The van der Waals surface area contributed by atoms with Crippen LogP contribution in [-0.2, 0) is 10.2 Å². The quantitative estimate of drug-likeness (QED) is 0.877. The lowest BCUT2D eigenvalue weighted by Gasteiger charge is -2.30. The summed E-state index contributed by atoms with van der Waals surface area (Å²) in [5.41, 5.74) is 1.52. The number of anilines is 1. The van der Waals surface area contributed by atoms with E-state index in [1.165, 1.54) is 4.31 Å². The van der Waals surface area contributed by atoms with Crippen LogP contribution in [0.5, 0.6) is 0 Å². The first-order valence-corrected chi connectivity index (χ1v) is 7.91. The molecule has 0 unspecified atom stereocenters. The number of hydrogen-bond donors (Lipinski definition) is 2. The first kappa shape index (κ1) is 14.3. The molecule has 0 aliphatic carbocycles. The Morgan fingerprint density at radius 2 is 1.95 bits per heavy atom. The summed E-state index contributed by atoms with van der Waals surface area (Å²) >= 11 is 0. The lowest BCUT2D eigenvalue weighted by molar-refractivity contribution is 0.170. The Kier molecular flexibility index (Phi) is 4.44. The fourth-order valence-corrected chi connectivity index (χ4v) is 3.55. The average Bonchev–Trinajstić information content (AvgIpc) is 2.41. The van der Waals surface area contributed by atoms with Crippen LogP contribution in [-0.4, -0.2) is 37.5 Å². The molecule has 5 nitrogen and oxygen atoms in total. The van der Waals surface area contributed by atoms with E-state index in [-0.39, 0.29) is 12.5 Å². The highest BCUT2D eigenvalue weighted by molar-refractivity contribution is 7.90. The van der Waals surface area contributed by atoms with Crippen molar-refractivity contribution < 1.29 is 13.5 Å². The molecule has 6 heteroatoms. The molecular weight excluding hydrogens is 264 g/mol. The number of nitrogens with one attached hydrogen (secondary N) is 1. The molecular formula is C13H20N2O3S. The molecule has 0 amide bonds. The van der Waals surface area contributed by atoms with Gasteiger partial charge in [0.25, 0.3) is 0 Å². The maximum atomic E-state index is 12.3. The predicted molar refractivity (Wildman–Crippen MR) is 75.1 cm³/mol. The number of hydrogen-bond acceptors (Lipinski definition) is 3. The number of aryl methyl sites for hydroxylation is 1. The summed E-state index contributed by atoms with van der Waals surface area (Å²) in [4.78, 5) is 0. The summed E-state index contributed by atoms with van der Waals surface area (Å²) in [5, 5.41) is 9.07. The number of para-hydroxylation sites is 1. The minimum absolute atomic E-state index is 0.138. The van der Waals surface area contributed by atoms with Crippen LogP contribution in [0.4, 0.5) is 5.69 Å². The van der Waals surface area contributed by atoms with Crippen LogP contribution < -0.4 is 4.72 Å². The van der Waals surface area contributed by atoms with Crippen molar-refractivity contribution in [2.45, 2.75) is 19.8 Å². The molecule has 0 radical (unpaired) electrons. The summed E-state index contributed by atoms with van der Waals surface area (Å²) in [6.07, 6.45) is 1.43. The third-order valence-electron chi connectivity index (χ3n) is 3.56. The van der Waals surface area contributed by atoms with Gasteiger partial charge in [0.1, 0.15) is 0 Å². The SMILES string of the molecule is Cc1ccccc1NS(=O)(=O)N1CCC(CO)CC1. The van der Waals surface area contributed by atoms with Gasteiger partial charge >= 0.3 is 10.2 Å². The molecule has 2 N–H and O–H groups in total. The van der Waals surface area contributed by atoms with Crippen molar-refractivity contribution in [1.29, 1.82) is 0 Å². The van der Waals surface area contributed by atoms with E-state index in [0.717, 1.165) is 5.56 Å². The van der Waals surface area contributed by atoms with Crippen LogP contribution in [0.2, 0.25) is 0 Å². The summed E-state index contributed by atoms with van der Waals surface area (Å²) in [7, 11) is -3.49. The topological polar surface area (TPSA) is 69.6 Å². The second kappa shape index (κ2) is 5.90. The fourth-order valence-electron chi connectivity index (χ4n) is 2.22. The molecule has 0 aromatic heterocycles. The Bertz CT molecular complexity index is 522. The van der Waals surface area contributed by atoms with Gasteiger partial charge in [0, 0.05) is 19.7 Å². The van der Waals surface area contributed by atoms with Crippen LogP contribution >= 0.6 is 0 Å². The largest absolute Gasteiger partial charge is 0.396 e. The van der Waals surface area contributed by atoms with Gasteiger partial charge in [-0.05, 0) is 37.3 Å². The molecule has 1 aromatic carbocycles. The maximum absolute atomic E-state index is 12.3. The number of aliphatic hydroxyl groups is 1. The zero-order chi connectivity index (χ0) is 13.9. The van der Waals surface area contributed by atoms with Crippen molar-refractivity contribution in [1.82, 2.24) is 4.31 Å². The monoisotopic (exact) mass is 284 g/mol. The van der Waals surface area contributed by atoms with Crippen LogP contribution in [0.25, 0.3) is 0 Å². The zero-order valence-electron chi connectivity index (χ0n) is 11.0. The van der Waals surface area contributed by atoms with Crippen LogP contribution in [0.15, 0.2) is 24.3 Å². The fraction of sp³-hybridized carbons (Fsp3) is 0.538. The van der Waals surface area contributed by atoms with Gasteiger partial charge in [-0.3, -0.25) is 4.72 Å². The lowest BCUT2D eigenvalue weighted by Crippen LogP contribution is -2.42. The Hall–Kier alpha value is -1.11. The van der Waals surface area contributed by atoms with Gasteiger partial charge < -0.3 is 5.11 Å². The van der Waals surface area contributed by atoms with Crippen molar-refractivity contribution in [3.05, 3.63) is 29.8 Å². The normalized spacial score (nSPS) is 18.4. The first-order chi connectivity index (χ1) is 9.03. The van der Waals surface area contributed by atoms with Crippen molar-refractivity contribution in [3.8, 4) is 0 Å². The molecule has 1 aliphatic rings. The van der Waals surface area contributed by atoms with E-state index in [1.54, 1.807) is 6.07 Å². The minimum atomic E-state index is -3.49. The number of benzene rings is 1. The highest BCUT2D eigenvalue weighted by atomic mass is 32.2. The van der Waals surface area contributed by atoms with E-state index in [1.807, 2.05) is 25.1 Å². The molecule has 2 rings (SSSR count). The van der Waals surface area contributed by atoms with E-state index >= 15 is 0 Å². The third kappa shape index (κ3) is 3.46. The van der Waals surface area contributed by atoms with Gasteiger partial charge in [-0.2, -0.15) is 12.7 Å². The molecule has 106 valence electrons. The lowest BCUT2D eigenvalue weighted by atomic mass is 10.00. The molecule has 0 spiro atoms. The van der Waals surface area contributed by atoms with Gasteiger partial charge in [0.2, 0.25) is 0 Å². The molecule has 0 bridgehead atoms. The Morgan fingerprint density at radius 3 is 2.53 bits per heavy atom. The molecule has 1 aromatic rings. The standard InChI is InChI=1S/C13H20N2O3S/c1-11-4-2-3-5-13(11)14-19(17,18)15-8-6-12(10-16)7-9-15/h2-5,12,14,16H,6-10H2,1H3. The van der Waals surface area contributed by atoms with Crippen molar-refractivity contribution in [2.24, 2.45) is 5.92 Å². The van der Waals surface area contributed by atoms with E-state index in [4.69, 9.17) is 5.11 Å². The van der Waals surface area contributed by atoms with Gasteiger partial charge in [-0.1, -0.05) is 18.2 Å². The molecule has 1 saturated heterocycles. The van der Waals surface area contributed by atoms with Crippen LogP contribution in [0.1, 0.15) is 18.4 Å². The smallest absolute Gasteiger partial charge is 0.301 e. The van der Waals surface area contributed by atoms with Gasteiger partial charge in [-0.15, -0.1) is 0 Å². The van der Waals surface area contributed by atoms with Crippen LogP contribution in [0.3, 0.4) is 0 Å². The predicted octanol–water partition coefficient (Wildman–Crippen LogP) is 1.36. The molecule has 1 heterocycles. The van der Waals surface area contributed by atoms with E-state index < -0.39 is 10.2 Å². The minimum Gasteiger partial charge on any atom is -0.396 e. The summed E-state index contributed by atoms with van der Waals surface area (Å²) < 4.78 is 28.6. The van der Waals surface area contributed by atoms with Gasteiger partial charge in [0.15, 0.2) is 0 Å². The molecule has 1 aliphatic heterocycles. The molecule has 0 saturated carbocycles. The number of aliphatic hydroxyl groups excluding tert-OH is 1. The summed E-state index contributed by atoms with van der Waals surface area (Å²) in [5.74, 6) is 0.227. The second-order valence-electron chi connectivity index (χ2n) is 4.95. The molecule has 19 heavy (non-hydrogen) atoms. The number of rotatable bonds is 4. The second-order valence-corrected chi connectivity index (χ2v) is 6.62. The van der Waals surface area contributed by atoms with E-state index in [9.17, 15) is 8.42 Å². The average molecular weight is 284 g/mol. The highest BCUT2D eigenvalue weighted by Crippen LogP contribution is 2.21. The van der Waals surface area contributed by atoms with E-state index in [2.05, 4.69) is 4.72 Å². The Balaban J connectivity index is 2.05. The van der Waals surface area contributed by atoms with Crippen molar-refractivity contribution in [3.63, 3.8) is 0 Å². The zero-order valence-corrected chi connectivity index (χ0v) is 11.9. The Morgan fingerprint density at radius 1 is 1.32 bits per heavy atom. The summed E-state index contributed by atoms with van der Waals surface area (Å²) in [6, 6.07) is 7.31. The number of piperidine rings is 1. The maximum Gasteiger partial charge on any atom is 0.301 e. The van der Waals surface area contributed by atoms with E-state index in [0.29, 0.717) is 31.6 Å². The third-order valence-corrected chi connectivity index (χ3v) is 5.08. The van der Waals surface area contributed by atoms with Gasteiger partial charge in [0.05, 0.1) is 5.69 Å². The van der Waals surface area contributed by atoms with Crippen LogP contribution in [0, 0.1) is 12.8 Å². The molecule has 0 atom stereocenters. The summed E-state index contributed by atoms with van der Waals surface area (Å²) in [6.45, 7) is 2.94. The first-order valence-electron chi connectivity index (χ1n) is 6.47. The van der Waals surface area contributed by atoms with Crippen molar-refractivity contribution >= 4 is 15.9 Å². The number of nitrogens with zero attached hydrogens (tertiary/aromatic N) is 1. The Labute approximate surface area is 114 Å².